The van der Waals surface area contributed by atoms with E-state index < -0.39 is 46.8 Å². The summed E-state index contributed by atoms with van der Waals surface area (Å²) in [5, 5.41) is 15.2. The number of rotatable bonds is 10. The number of carbonyl (C=O) groups excluding carboxylic acids is 2. The standard InChI is InChI=1S/C47H52F5N3O5/c1-26-36(24-55-34-11-6-5-9-30(34)20-21-35(55)44(57)54-47(2,3)4)59-46(60-43(26)31-14-12-27(25-56)13-15-31)32-18-16-29(17-19-32)33-10-7-8-28(22-33)23-53-45(58)37-38(48)40(50)42(52)41(51)39(37)49/h7-8,10,12-19,22,26,30,34-36,43,46,56H,5-6,9,11,20-21,23-25H2,1-4H3,(H,53,58)(H,54,57). The molecular weight excluding hydrogens is 782 g/mol. The van der Waals surface area contributed by atoms with Gasteiger partial charge in [0.25, 0.3) is 5.91 Å². The number of carbonyl (C=O) groups is 2. The second-order valence-electron chi connectivity index (χ2n) is 17.4. The van der Waals surface area contributed by atoms with Gasteiger partial charge in [-0.25, -0.2) is 22.0 Å². The van der Waals surface area contributed by atoms with Gasteiger partial charge < -0.3 is 25.2 Å². The van der Waals surface area contributed by atoms with Crippen molar-refractivity contribution in [3.8, 4) is 11.1 Å². The summed E-state index contributed by atoms with van der Waals surface area (Å²) in [6, 6.07) is 22.3. The molecule has 7 unspecified atom stereocenters. The summed E-state index contributed by atoms with van der Waals surface area (Å²) < 4.78 is 83.1. The first-order valence-corrected chi connectivity index (χ1v) is 20.7. The van der Waals surface area contributed by atoms with E-state index in [1.54, 1.807) is 18.2 Å². The van der Waals surface area contributed by atoms with Crippen molar-refractivity contribution in [1.82, 2.24) is 15.5 Å². The maximum absolute atomic E-state index is 14.2. The fourth-order valence-corrected chi connectivity index (χ4v) is 9.03. The number of ether oxygens (including phenoxy) is 2. The first-order chi connectivity index (χ1) is 28.6. The number of hydrogen-bond acceptors (Lipinski definition) is 6. The van der Waals surface area contributed by atoms with Crippen molar-refractivity contribution in [2.24, 2.45) is 11.8 Å². The Bertz CT molecular complexity index is 2150. The van der Waals surface area contributed by atoms with Crippen LogP contribution in [0.4, 0.5) is 22.0 Å². The molecule has 2 aliphatic heterocycles. The van der Waals surface area contributed by atoms with Crippen LogP contribution in [-0.2, 0) is 27.4 Å². The summed E-state index contributed by atoms with van der Waals surface area (Å²) in [6.07, 6.45) is 4.93. The molecule has 1 aliphatic carbocycles. The molecule has 0 bridgehead atoms. The molecule has 0 aromatic heterocycles. The van der Waals surface area contributed by atoms with E-state index >= 15 is 0 Å². The molecule has 2 saturated heterocycles. The Morgan fingerprint density at radius 1 is 0.767 bits per heavy atom. The number of halogens is 5. The van der Waals surface area contributed by atoms with Gasteiger partial charge in [-0.1, -0.05) is 86.5 Å². The van der Waals surface area contributed by atoms with E-state index in [0.717, 1.165) is 59.9 Å². The second kappa shape index (κ2) is 18.1. The molecule has 8 nitrogen and oxygen atoms in total. The Morgan fingerprint density at radius 3 is 2.08 bits per heavy atom. The van der Waals surface area contributed by atoms with Crippen molar-refractivity contribution in [2.75, 3.05) is 6.54 Å². The number of benzene rings is 4. The Hall–Kier alpha value is -4.69. The number of piperidine rings is 1. The highest BCUT2D eigenvalue weighted by Crippen LogP contribution is 2.44. The molecule has 2 amide bonds. The van der Waals surface area contributed by atoms with Gasteiger partial charge in [0.05, 0.1) is 24.9 Å². The minimum Gasteiger partial charge on any atom is -0.392 e. The average Bonchev–Trinajstić information content (AvgIpc) is 3.24. The quantitative estimate of drug-likeness (QED) is 0.0838. The Morgan fingerprint density at radius 2 is 1.42 bits per heavy atom. The predicted octanol–water partition coefficient (Wildman–Crippen LogP) is 9.20. The third-order valence-electron chi connectivity index (χ3n) is 12.2. The number of nitrogens with zero attached hydrogens (tertiary/aromatic N) is 1. The van der Waals surface area contributed by atoms with Gasteiger partial charge in [-0.2, -0.15) is 0 Å². The van der Waals surface area contributed by atoms with Gasteiger partial charge in [0.1, 0.15) is 5.56 Å². The van der Waals surface area contributed by atoms with Crippen molar-refractivity contribution < 1.29 is 46.1 Å². The molecule has 4 aromatic rings. The number of nitrogens with one attached hydrogen (secondary N) is 2. The molecule has 7 rings (SSSR count). The van der Waals surface area contributed by atoms with Crippen molar-refractivity contribution in [1.29, 1.82) is 0 Å². The molecule has 7 atom stereocenters. The summed E-state index contributed by atoms with van der Waals surface area (Å²) >= 11 is 0. The summed E-state index contributed by atoms with van der Waals surface area (Å²) in [5.74, 6) is -12.1. The van der Waals surface area contributed by atoms with Gasteiger partial charge in [0.15, 0.2) is 29.6 Å². The molecular formula is C47H52F5N3O5. The highest BCUT2D eigenvalue weighted by Gasteiger charge is 2.46. The number of fused-ring (bicyclic) bond motifs is 1. The summed E-state index contributed by atoms with van der Waals surface area (Å²) in [5.41, 5.74) is 2.66. The van der Waals surface area contributed by atoms with Crippen molar-refractivity contribution in [3.05, 3.63) is 130 Å². The smallest absolute Gasteiger partial charge is 0.257 e. The maximum Gasteiger partial charge on any atom is 0.257 e. The fraction of sp³-hybridized carbons (Fsp3) is 0.447. The molecule has 0 radical (unpaired) electrons. The van der Waals surface area contributed by atoms with Crippen molar-refractivity contribution in [2.45, 2.75) is 115 Å². The van der Waals surface area contributed by atoms with Gasteiger partial charge in [0, 0.05) is 36.2 Å². The number of likely N-dealkylation sites (tertiary alicyclic amines) is 1. The molecule has 4 aromatic carbocycles. The number of hydrogen-bond donors (Lipinski definition) is 3. The molecule has 3 aliphatic rings. The summed E-state index contributed by atoms with van der Waals surface area (Å²) in [6.45, 7) is 8.37. The van der Waals surface area contributed by atoms with Crippen LogP contribution < -0.4 is 10.6 Å². The van der Waals surface area contributed by atoms with E-state index in [1.165, 1.54) is 6.42 Å². The first kappa shape index (κ1) is 43.4. The molecule has 2 heterocycles. The van der Waals surface area contributed by atoms with Crippen LogP contribution in [0.25, 0.3) is 11.1 Å². The molecule has 13 heteroatoms. The first-order valence-electron chi connectivity index (χ1n) is 20.7. The topological polar surface area (TPSA) is 100 Å². The fourth-order valence-electron chi connectivity index (χ4n) is 9.03. The zero-order chi connectivity index (χ0) is 42.9. The lowest BCUT2D eigenvalue weighted by Crippen LogP contribution is -2.61. The normalized spacial score (nSPS) is 24.7. The number of amides is 2. The molecule has 3 N–H and O–H groups in total. The van der Waals surface area contributed by atoms with Crippen LogP contribution in [0.1, 0.15) is 111 Å². The average molecular weight is 834 g/mol. The number of aliphatic hydroxyl groups is 1. The Labute approximate surface area is 347 Å². The van der Waals surface area contributed by atoms with Crippen LogP contribution in [0.15, 0.2) is 72.8 Å². The van der Waals surface area contributed by atoms with Crippen LogP contribution >= 0.6 is 0 Å². The lowest BCUT2D eigenvalue weighted by Gasteiger charge is -2.51. The minimum absolute atomic E-state index is 0.0439. The van der Waals surface area contributed by atoms with Crippen LogP contribution in [0.2, 0.25) is 0 Å². The lowest BCUT2D eigenvalue weighted by atomic mass is 9.75. The highest BCUT2D eigenvalue weighted by atomic mass is 19.2. The maximum atomic E-state index is 14.2. The van der Waals surface area contributed by atoms with E-state index in [2.05, 4.69) is 22.5 Å². The Kier molecular flexibility index (Phi) is 13.1. The highest BCUT2D eigenvalue weighted by molar-refractivity contribution is 5.94. The molecule has 1 saturated carbocycles. The predicted molar refractivity (Wildman–Crippen MR) is 216 cm³/mol. The van der Waals surface area contributed by atoms with Gasteiger partial charge in [-0.3, -0.25) is 14.5 Å². The summed E-state index contributed by atoms with van der Waals surface area (Å²) in [4.78, 5) is 28.9. The SMILES string of the molecule is CC1C(CN2C(C(=O)NC(C)(C)C)CCC3CCCCC32)OC(c2ccc(-c3cccc(CNC(=O)c4c(F)c(F)c(F)c(F)c4F)c3)cc2)OC1c1ccc(CO)cc1. The van der Waals surface area contributed by atoms with Crippen molar-refractivity contribution >= 4 is 11.8 Å². The Balaban J connectivity index is 1.12. The van der Waals surface area contributed by atoms with Gasteiger partial charge in [-0.15, -0.1) is 0 Å². The zero-order valence-electron chi connectivity index (χ0n) is 34.3. The van der Waals surface area contributed by atoms with E-state index in [9.17, 15) is 36.6 Å². The van der Waals surface area contributed by atoms with E-state index in [-0.39, 0.29) is 54.8 Å². The third-order valence-corrected chi connectivity index (χ3v) is 12.2. The molecule has 0 spiro atoms. The van der Waals surface area contributed by atoms with E-state index in [1.807, 2.05) is 75.4 Å². The molecule has 60 heavy (non-hydrogen) atoms. The van der Waals surface area contributed by atoms with Crippen molar-refractivity contribution in [3.63, 3.8) is 0 Å². The second-order valence-corrected chi connectivity index (χ2v) is 17.4. The van der Waals surface area contributed by atoms with E-state index in [0.29, 0.717) is 18.0 Å². The van der Waals surface area contributed by atoms with Gasteiger partial charge in [0.2, 0.25) is 11.7 Å². The summed E-state index contributed by atoms with van der Waals surface area (Å²) in [7, 11) is 0. The zero-order valence-corrected chi connectivity index (χ0v) is 34.3. The van der Waals surface area contributed by atoms with Crippen LogP contribution in [0, 0.1) is 40.9 Å². The van der Waals surface area contributed by atoms with Gasteiger partial charge >= 0.3 is 0 Å². The molecule has 320 valence electrons. The molecule has 3 fully saturated rings. The largest absolute Gasteiger partial charge is 0.392 e. The third kappa shape index (κ3) is 9.29. The lowest BCUT2D eigenvalue weighted by molar-refractivity contribution is -0.278. The minimum atomic E-state index is -2.34. The van der Waals surface area contributed by atoms with Crippen LogP contribution in [0.3, 0.4) is 0 Å². The van der Waals surface area contributed by atoms with E-state index in [4.69, 9.17) is 9.47 Å². The van der Waals surface area contributed by atoms with Crippen LogP contribution in [-0.4, -0.2) is 52.1 Å². The number of aliphatic hydroxyl groups excluding tert-OH is 1. The van der Waals surface area contributed by atoms with Crippen LogP contribution in [0.5, 0.6) is 0 Å². The van der Waals surface area contributed by atoms with Gasteiger partial charge in [-0.05, 0) is 86.3 Å². The monoisotopic (exact) mass is 833 g/mol.